The lowest BCUT2D eigenvalue weighted by Gasteiger charge is -2.07. The van der Waals surface area contributed by atoms with E-state index in [9.17, 15) is 9.59 Å². The lowest BCUT2D eigenvalue weighted by Crippen LogP contribution is -2.29. The molecule has 0 atom stereocenters. The van der Waals surface area contributed by atoms with Gasteiger partial charge in [-0.1, -0.05) is 18.2 Å². The number of pyridine rings is 1. The molecule has 0 bridgehead atoms. The number of aromatic amines is 1. The zero-order chi connectivity index (χ0) is 18.7. The first-order valence-electron chi connectivity index (χ1n) is 8.42. The fraction of sp³-hybridized carbons (Fsp3) is 0.250. The smallest absolute Gasteiger partial charge is 0.253 e. The van der Waals surface area contributed by atoms with Crippen molar-refractivity contribution in [2.75, 3.05) is 0 Å². The van der Waals surface area contributed by atoms with E-state index in [0.717, 1.165) is 16.8 Å². The fourth-order valence-corrected chi connectivity index (χ4v) is 2.80. The number of nitrogens with zero attached hydrogens (tertiary/aromatic N) is 1. The van der Waals surface area contributed by atoms with Gasteiger partial charge in [0.25, 0.3) is 5.56 Å². The molecule has 0 saturated carbocycles. The highest BCUT2D eigenvalue weighted by atomic mass is 16.4. The first-order chi connectivity index (χ1) is 12.4. The number of hydrogen-bond acceptors (Lipinski definition) is 4. The van der Waals surface area contributed by atoms with Crippen LogP contribution in [-0.4, -0.2) is 15.9 Å². The number of benzene rings is 1. The molecule has 0 unspecified atom stereocenters. The van der Waals surface area contributed by atoms with Crippen LogP contribution in [0.2, 0.25) is 0 Å². The van der Waals surface area contributed by atoms with E-state index in [0.29, 0.717) is 22.9 Å². The van der Waals surface area contributed by atoms with Crippen LogP contribution in [0.3, 0.4) is 0 Å². The first-order valence-corrected chi connectivity index (χ1v) is 8.42. The Labute approximate surface area is 151 Å². The Kier molecular flexibility index (Phi) is 5.02. The minimum Gasteiger partial charge on any atom is -0.441 e. The molecule has 2 aromatic heterocycles. The van der Waals surface area contributed by atoms with E-state index in [1.54, 1.807) is 6.92 Å². The SMILES string of the molecule is Cc1cc(C)c(CNC(=O)Cc2nc(-c3ccccc3)oc2C)c(=O)[nH]1. The molecular weight excluding hydrogens is 330 g/mol. The molecule has 2 N–H and O–H groups in total. The van der Waals surface area contributed by atoms with Gasteiger partial charge < -0.3 is 14.7 Å². The van der Waals surface area contributed by atoms with E-state index in [1.807, 2.05) is 50.2 Å². The average molecular weight is 351 g/mol. The third-order valence-electron chi connectivity index (χ3n) is 4.20. The molecule has 26 heavy (non-hydrogen) atoms. The normalized spacial score (nSPS) is 10.7. The van der Waals surface area contributed by atoms with Crippen molar-refractivity contribution in [2.45, 2.75) is 33.7 Å². The van der Waals surface area contributed by atoms with E-state index >= 15 is 0 Å². The molecule has 0 radical (unpaired) electrons. The van der Waals surface area contributed by atoms with Gasteiger partial charge in [-0.05, 0) is 44.5 Å². The van der Waals surface area contributed by atoms with Gasteiger partial charge in [-0.25, -0.2) is 4.98 Å². The molecule has 0 fully saturated rings. The number of H-pyrrole nitrogens is 1. The Morgan fingerprint density at radius 1 is 1.19 bits per heavy atom. The summed E-state index contributed by atoms with van der Waals surface area (Å²) < 4.78 is 5.67. The molecule has 0 aliphatic carbocycles. The molecule has 2 heterocycles. The van der Waals surface area contributed by atoms with E-state index in [1.165, 1.54) is 0 Å². The van der Waals surface area contributed by atoms with Crippen molar-refractivity contribution in [3.63, 3.8) is 0 Å². The molecule has 1 aromatic carbocycles. The molecular formula is C20H21N3O3. The van der Waals surface area contributed by atoms with Crippen LogP contribution in [0.5, 0.6) is 0 Å². The maximum absolute atomic E-state index is 12.3. The van der Waals surface area contributed by atoms with Gasteiger partial charge >= 0.3 is 0 Å². The Morgan fingerprint density at radius 3 is 2.62 bits per heavy atom. The lowest BCUT2D eigenvalue weighted by atomic mass is 10.1. The molecule has 6 heteroatoms. The average Bonchev–Trinajstić information content (AvgIpc) is 2.95. The highest BCUT2D eigenvalue weighted by molar-refractivity contribution is 5.78. The largest absolute Gasteiger partial charge is 0.441 e. The van der Waals surface area contributed by atoms with Crippen molar-refractivity contribution in [1.29, 1.82) is 0 Å². The van der Waals surface area contributed by atoms with Gasteiger partial charge in [-0.2, -0.15) is 0 Å². The van der Waals surface area contributed by atoms with Crippen LogP contribution in [0.4, 0.5) is 0 Å². The number of amides is 1. The number of carbonyl (C=O) groups excluding carboxylic acids is 1. The number of carbonyl (C=O) groups is 1. The molecule has 6 nitrogen and oxygen atoms in total. The van der Waals surface area contributed by atoms with Crippen LogP contribution < -0.4 is 10.9 Å². The van der Waals surface area contributed by atoms with Crippen LogP contribution >= 0.6 is 0 Å². The summed E-state index contributed by atoms with van der Waals surface area (Å²) in [7, 11) is 0. The van der Waals surface area contributed by atoms with Gasteiger partial charge in [0.05, 0.1) is 12.1 Å². The van der Waals surface area contributed by atoms with Gasteiger partial charge in [0.1, 0.15) is 5.76 Å². The number of hydrogen-bond donors (Lipinski definition) is 2. The van der Waals surface area contributed by atoms with Crippen LogP contribution in [0, 0.1) is 20.8 Å². The summed E-state index contributed by atoms with van der Waals surface area (Å²) in [6.07, 6.45) is 0.102. The second-order valence-electron chi connectivity index (χ2n) is 6.28. The van der Waals surface area contributed by atoms with Crippen LogP contribution in [0.25, 0.3) is 11.5 Å². The topological polar surface area (TPSA) is 88.0 Å². The molecule has 1 amide bonds. The maximum atomic E-state index is 12.3. The van der Waals surface area contributed by atoms with Gasteiger partial charge in [-0.15, -0.1) is 0 Å². The number of oxazole rings is 1. The van der Waals surface area contributed by atoms with Crippen molar-refractivity contribution in [3.05, 3.63) is 75.0 Å². The van der Waals surface area contributed by atoms with Crippen LogP contribution in [0.1, 0.15) is 28.3 Å². The highest BCUT2D eigenvalue weighted by Crippen LogP contribution is 2.21. The van der Waals surface area contributed by atoms with Gasteiger partial charge in [0.2, 0.25) is 11.8 Å². The fourth-order valence-electron chi connectivity index (χ4n) is 2.80. The molecule has 0 aliphatic rings. The second kappa shape index (κ2) is 7.39. The summed E-state index contributed by atoms with van der Waals surface area (Å²) in [4.78, 5) is 31.5. The Bertz CT molecular complexity index is 987. The van der Waals surface area contributed by atoms with E-state index < -0.39 is 0 Å². The number of aromatic nitrogens is 2. The highest BCUT2D eigenvalue weighted by Gasteiger charge is 2.15. The minimum atomic E-state index is -0.208. The number of nitrogens with one attached hydrogen (secondary N) is 2. The van der Waals surface area contributed by atoms with Crippen molar-refractivity contribution < 1.29 is 9.21 Å². The molecule has 3 rings (SSSR count). The predicted octanol–water partition coefficient (Wildman–Crippen LogP) is 2.81. The third kappa shape index (κ3) is 3.91. The van der Waals surface area contributed by atoms with E-state index in [2.05, 4.69) is 15.3 Å². The molecule has 3 aromatic rings. The summed E-state index contributed by atoms with van der Waals surface area (Å²) >= 11 is 0. The first kappa shape index (κ1) is 17.7. The maximum Gasteiger partial charge on any atom is 0.253 e. The van der Waals surface area contributed by atoms with Gasteiger partial charge in [-0.3, -0.25) is 9.59 Å². The van der Waals surface area contributed by atoms with Crippen molar-refractivity contribution in [1.82, 2.24) is 15.3 Å². The lowest BCUT2D eigenvalue weighted by molar-refractivity contribution is -0.120. The monoisotopic (exact) mass is 351 g/mol. The zero-order valence-corrected chi connectivity index (χ0v) is 15.1. The van der Waals surface area contributed by atoms with Crippen LogP contribution in [0.15, 0.2) is 45.6 Å². The summed E-state index contributed by atoms with van der Waals surface area (Å²) in [5.41, 5.74) is 3.50. The summed E-state index contributed by atoms with van der Waals surface area (Å²) in [5, 5.41) is 2.78. The molecule has 0 spiro atoms. The van der Waals surface area contributed by atoms with E-state index in [-0.39, 0.29) is 24.4 Å². The zero-order valence-electron chi connectivity index (χ0n) is 15.1. The quantitative estimate of drug-likeness (QED) is 0.740. The van der Waals surface area contributed by atoms with Crippen molar-refractivity contribution >= 4 is 5.91 Å². The minimum absolute atomic E-state index is 0.102. The predicted molar refractivity (Wildman–Crippen MR) is 98.8 cm³/mol. The molecule has 0 saturated heterocycles. The van der Waals surface area contributed by atoms with Crippen molar-refractivity contribution in [2.24, 2.45) is 0 Å². The standard InChI is InChI=1S/C20H21N3O3/c1-12-9-13(2)22-19(25)16(12)11-21-18(24)10-17-14(3)26-20(23-17)15-7-5-4-6-8-15/h4-9H,10-11H2,1-3H3,(H,21,24)(H,22,25). The van der Waals surface area contributed by atoms with Gasteiger partial charge in [0.15, 0.2) is 0 Å². The van der Waals surface area contributed by atoms with Crippen LogP contribution in [-0.2, 0) is 17.8 Å². The Hall–Kier alpha value is -3.15. The van der Waals surface area contributed by atoms with Gasteiger partial charge in [0, 0.05) is 23.4 Å². The Balaban J connectivity index is 1.68. The summed E-state index contributed by atoms with van der Waals surface area (Å²) in [6.45, 7) is 5.66. The summed E-state index contributed by atoms with van der Waals surface area (Å²) in [6, 6.07) is 11.4. The number of rotatable bonds is 5. The molecule has 134 valence electrons. The molecule has 0 aliphatic heterocycles. The van der Waals surface area contributed by atoms with Crippen molar-refractivity contribution in [3.8, 4) is 11.5 Å². The third-order valence-corrected chi connectivity index (χ3v) is 4.20. The van der Waals surface area contributed by atoms with E-state index in [4.69, 9.17) is 4.42 Å². The Morgan fingerprint density at radius 2 is 1.92 bits per heavy atom. The number of aryl methyl sites for hydroxylation is 3. The second-order valence-corrected chi connectivity index (χ2v) is 6.28. The summed E-state index contributed by atoms with van der Waals surface area (Å²) in [5.74, 6) is 0.903.